The molecule has 0 fully saturated rings. The molecule has 4 nitrogen and oxygen atoms in total. The number of hydrogen-bond acceptors (Lipinski definition) is 6. The van der Waals surface area contributed by atoms with Crippen molar-refractivity contribution in [3.8, 4) is 0 Å². The lowest BCUT2D eigenvalue weighted by molar-refractivity contribution is 0.473. The predicted molar refractivity (Wildman–Crippen MR) is 68.5 cm³/mol. The number of nitrogens with zero attached hydrogens (tertiary/aromatic N) is 3. The summed E-state index contributed by atoms with van der Waals surface area (Å²) in [5.41, 5.74) is 0. The summed E-state index contributed by atoms with van der Waals surface area (Å²) in [5, 5.41) is 13.3. The van der Waals surface area contributed by atoms with Gasteiger partial charge in [0.2, 0.25) is 0 Å². The van der Waals surface area contributed by atoms with Crippen LogP contribution in [0.1, 0.15) is 4.88 Å². The molecule has 0 aromatic carbocycles. The second-order valence-electron chi connectivity index (χ2n) is 3.36. The lowest BCUT2D eigenvalue weighted by atomic mass is 10.4. The maximum Gasteiger partial charge on any atom is 0.182 e. The van der Waals surface area contributed by atoms with E-state index >= 15 is 0 Å². The number of anilines is 1. The van der Waals surface area contributed by atoms with Crippen LogP contribution < -0.4 is 10.9 Å². The largest absolute Gasteiger partial charge is 0.270 e. The van der Waals surface area contributed by atoms with Crippen LogP contribution in [-0.4, -0.2) is 17.5 Å². The van der Waals surface area contributed by atoms with E-state index in [1.807, 2.05) is 40.0 Å². The van der Waals surface area contributed by atoms with Gasteiger partial charge in [-0.05, 0) is 29.0 Å². The second kappa shape index (κ2) is 3.89. The summed E-state index contributed by atoms with van der Waals surface area (Å²) in [6, 6.07) is 8.09. The highest BCUT2D eigenvalue weighted by Gasteiger charge is 2.23. The van der Waals surface area contributed by atoms with Crippen LogP contribution in [0.15, 0.2) is 40.1 Å². The zero-order valence-electron chi connectivity index (χ0n) is 8.41. The van der Waals surface area contributed by atoms with Crippen molar-refractivity contribution >= 4 is 33.5 Å². The molecular weight excluding hydrogens is 240 g/mol. The highest BCUT2D eigenvalue weighted by atomic mass is 32.1. The molecule has 0 unspecified atom stereocenters. The number of rotatable bonds is 2. The van der Waals surface area contributed by atoms with Gasteiger partial charge in [-0.2, -0.15) is 0 Å². The standard InChI is InChI=1S/C10H10N4S2/c11-13-7-14(9-4-2-6-16-9)12-10(13)8-3-1-5-15-8/h1-6H,7,11H2. The average Bonchev–Trinajstić information content (AvgIpc) is 2.97. The van der Waals surface area contributed by atoms with Gasteiger partial charge in [-0.15, -0.1) is 27.8 Å². The zero-order valence-corrected chi connectivity index (χ0v) is 10.0. The number of hydrogen-bond donors (Lipinski definition) is 1. The molecule has 2 aromatic heterocycles. The van der Waals surface area contributed by atoms with Crippen molar-refractivity contribution in [2.75, 3.05) is 11.7 Å². The third-order valence-electron chi connectivity index (χ3n) is 2.28. The maximum atomic E-state index is 5.94. The quantitative estimate of drug-likeness (QED) is 0.830. The SMILES string of the molecule is NN1CN(c2cccs2)N=C1c1cccs1. The Labute approximate surface area is 101 Å². The van der Waals surface area contributed by atoms with E-state index in [9.17, 15) is 0 Å². The summed E-state index contributed by atoms with van der Waals surface area (Å²) in [4.78, 5) is 1.10. The van der Waals surface area contributed by atoms with Crippen molar-refractivity contribution in [2.24, 2.45) is 10.9 Å². The van der Waals surface area contributed by atoms with Crippen LogP contribution >= 0.6 is 22.7 Å². The van der Waals surface area contributed by atoms with Crippen LogP contribution in [0.2, 0.25) is 0 Å². The lowest BCUT2D eigenvalue weighted by Crippen LogP contribution is -2.36. The summed E-state index contributed by atoms with van der Waals surface area (Å²) < 4.78 is 0. The van der Waals surface area contributed by atoms with Crippen LogP contribution in [0, 0.1) is 0 Å². The van der Waals surface area contributed by atoms with Gasteiger partial charge in [0.1, 0.15) is 11.7 Å². The summed E-state index contributed by atoms with van der Waals surface area (Å²) in [6.07, 6.45) is 0. The van der Waals surface area contributed by atoms with Crippen molar-refractivity contribution in [2.45, 2.75) is 0 Å². The predicted octanol–water partition coefficient (Wildman–Crippen LogP) is 2.12. The molecule has 2 N–H and O–H groups in total. The minimum absolute atomic E-state index is 0.605. The number of hydrazine groups is 1. The van der Waals surface area contributed by atoms with E-state index in [4.69, 9.17) is 5.84 Å². The van der Waals surface area contributed by atoms with E-state index in [-0.39, 0.29) is 0 Å². The van der Waals surface area contributed by atoms with Crippen LogP contribution in [0.3, 0.4) is 0 Å². The Hall–Kier alpha value is -1.37. The first-order valence-electron chi connectivity index (χ1n) is 4.80. The molecular formula is C10H10N4S2. The molecule has 82 valence electrons. The van der Waals surface area contributed by atoms with Gasteiger partial charge >= 0.3 is 0 Å². The number of nitrogens with two attached hydrogens (primary N) is 1. The van der Waals surface area contributed by atoms with Gasteiger partial charge in [0.15, 0.2) is 5.84 Å². The van der Waals surface area contributed by atoms with E-state index in [0.717, 1.165) is 15.7 Å². The van der Waals surface area contributed by atoms with Crippen molar-refractivity contribution in [3.63, 3.8) is 0 Å². The first kappa shape index (κ1) is 9.83. The van der Waals surface area contributed by atoms with Crippen molar-refractivity contribution in [1.29, 1.82) is 0 Å². The normalized spacial score (nSPS) is 15.7. The minimum atomic E-state index is 0.605. The molecule has 0 atom stereocenters. The maximum absolute atomic E-state index is 5.94. The Kier molecular flexibility index (Phi) is 2.39. The molecule has 6 heteroatoms. The fourth-order valence-electron chi connectivity index (χ4n) is 1.55. The Morgan fingerprint density at radius 3 is 2.69 bits per heavy atom. The smallest absolute Gasteiger partial charge is 0.182 e. The summed E-state index contributed by atoms with van der Waals surface area (Å²) in [5.74, 6) is 6.78. The summed E-state index contributed by atoms with van der Waals surface area (Å²) >= 11 is 3.31. The van der Waals surface area contributed by atoms with Gasteiger partial charge in [0.25, 0.3) is 0 Å². The Morgan fingerprint density at radius 1 is 1.19 bits per heavy atom. The van der Waals surface area contributed by atoms with E-state index in [1.165, 1.54) is 0 Å². The summed E-state index contributed by atoms with van der Waals surface area (Å²) in [7, 11) is 0. The molecule has 16 heavy (non-hydrogen) atoms. The number of hydrazone groups is 1. The highest BCUT2D eigenvalue weighted by Crippen LogP contribution is 2.26. The van der Waals surface area contributed by atoms with E-state index in [1.54, 1.807) is 27.7 Å². The molecule has 0 bridgehead atoms. The molecule has 3 rings (SSSR count). The Morgan fingerprint density at radius 2 is 2.00 bits per heavy atom. The lowest BCUT2D eigenvalue weighted by Gasteiger charge is -2.13. The van der Waals surface area contributed by atoms with Gasteiger partial charge in [-0.3, -0.25) is 5.01 Å². The third-order valence-corrected chi connectivity index (χ3v) is 4.02. The monoisotopic (exact) mass is 250 g/mol. The van der Waals surface area contributed by atoms with E-state index in [0.29, 0.717) is 6.67 Å². The van der Waals surface area contributed by atoms with E-state index < -0.39 is 0 Å². The van der Waals surface area contributed by atoms with Crippen molar-refractivity contribution < 1.29 is 0 Å². The van der Waals surface area contributed by atoms with Gasteiger partial charge in [-0.25, -0.2) is 10.9 Å². The van der Waals surface area contributed by atoms with Crippen LogP contribution in [0.25, 0.3) is 0 Å². The van der Waals surface area contributed by atoms with Crippen LogP contribution in [-0.2, 0) is 0 Å². The third kappa shape index (κ3) is 1.60. The zero-order chi connectivity index (χ0) is 11.0. The van der Waals surface area contributed by atoms with Crippen LogP contribution in [0.4, 0.5) is 5.00 Å². The molecule has 2 aromatic rings. The number of thiophene rings is 2. The van der Waals surface area contributed by atoms with Gasteiger partial charge in [0.05, 0.1) is 4.88 Å². The average molecular weight is 250 g/mol. The first-order valence-corrected chi connectivity index (χ1v) is 6.56. The van der Waals surface area contributed by atoms with Gasteiger partial charge in [-0.1, -0.05) is 6.07 Å². The molecule has 0 spiro atoms. The number of amidine groups is 1. The van der Waals surface area contributed by atoms with Crippen molar-refractivity contribution in [1.82, 2.24) is 5.01 Å². The fourth-order valence-corrected chi connectivity index (χ4v) is 2.95. The Bertz CT molecular complexity index is 489. The van der Waals surface area contributed by atoms with Gasteiger partial charge in [0, 0.05) is 0 Å². The highest BCUT2D eigenvalue weighted by molar-refractivity contribution is 7.14. The topological polar surface area (TPSA) is 44.9 Å². The van der Waals surface area contributed by atoms with Crippen LogP contribution in [0.5, 0.6) is 0 Å². The minimum Gasteiger partial charge on any atom is -0.270 e. The molecule has 3 heterocycles. The summed E-state index contributed by atoms with van der Waals surface area (Å²) in [6.45, 7) is 0.605. The van der Waals surface area contributed by atoms with E-state index in [2.05, 4.69) is 5.10 Å². The molecule has 0 amide bonds. The second-order valence-corrected chi connectivity index (χ2v) is 5.24. The first-order chi connectivity index (χ1) is 7.84. The van der Waals surface area contributed by atoms with Gasteiger partial charge < -0.3 is 0 Å². The molecule has 0 saturated heterocycles. The molecule has 1 aliphatic rings. The fraction of sp³-hybridized carbons (Fsp3) is 0.100. The van der Waals surface area contributed by atoms with Crippen molar-refractivity contribution in [3.05, 3.63) is 39.9 Å². The molecule has 0 radical (unpaired) electrons. The molecule has 0 saturated carbocycles. The Balaban J connectivity index is 1.92. The molecule has 0 aliphatic carbocycles. The molecule has 1 aliphatic heterocycles.